The maximum atomic E-state index is 14.1. The highest BCUT2D eigenvalue weighted by atomic mass is 16.6. The van der Waals surface area contributed by atoms with E-state index < -0.39 is 23.8 Å². The van der Waals surface area contributed by atoms with E-state index in [0.29, 0.717) is 24.0 Å². The average molecular weight is 486 g/mol. The van der Waals surface area contributed by atoms with Gasteiger partial charge in [0.2, 0.25) is 11.8 Å². The lowest BCUT2D eigenvalue weighted by atomic mass is 9.94. The minimum absolute atomic E-state index is 0.110. The second kappa shape index (κ2) is 13.2. The minimum Gasteiger partial charge on any atom is -0.444 e. The van der Waals surface area contributed by atoms with E-state index in [9.17, 15) is 14.4 Å². The number of carbonyl (C=O) groups excluding carboxylic acids is 3. The van der Waals surface area contributed by atoms with Crippen molar-refractivity contribution < 1.29 is 19.1 Å². The van der Waals surface area contributed by atoms with Gasteiger partial charge in [-0.15, -0.1) is 6.42 Å². The van der Waals surface area contributed by atoms with E-state index in [-0.39, 0.29) is 29.8 Å². The molecular weight excluding hydrogens is 442 g/mol. The Hall–Kier alpha value is -3.01. The molecule has 0 aromatic heterocycles. The van der Waals surface area contributed by atoms with Gasteiger partial charge in [-0.3, -0.25) is 9.59 Å². The molecule has 2 N–H and O–H groups in total. The average Bonchev–Trinajstić information content (AvgIpc) is 2.73. The fourth-order valence-electron chi connectivity index (χ4n) is 3.77. The Balaban J connectivity index is 3.61. The molecule has 3 unspecified atom stereocenters. The first kappa shape index (κ1) is 30.0. The summed E-state index contributed by atoms with van der Waals surface area (Å²) in [5.41, 5.74) is 0.400. The van der Waals surface area contributed by atoms with E-state index >= 15 is 0 Å². The highest BCUT2D eigenvalue weighted by Gasteiger charge is 2.39. The van der Waals surface area contributed by atoms with Crippen molar-refractivity contribution in [2.45, 2.75) is 105 Å². The van der Waals surface area contributed by atoms with E-state index in [0.717, 1.165) is 0 Å². The third-order valence-electron chi connectivity index (χ3n) is 5.38. The van der Waals surface area contributed by atoms with Crippen molar-refractivity contribution >= 4 is 17.9 Å². The van der Waals surface area contributed by atoms with Crippen LogP contribution in [0.1, 0.15) is 92.3 Å². The summed E-state index contributed by atoms with van der Waals surface area (Å²) in [5.74, 6) is 2.08. The monoisotopic (exact) mass is 485 g/mol. The molecular formula is C28H43N3O4. The topological polar surface area (TPSA) is 87.7 Å². The minimum atomic E-state index is -0.956. The lowest BCUT2D eigenvalue weighted by Crippen LogP contribution is -2.56. The summed E-state index contributed by atoms with van der Waals surface area (Å²) in [4.78, 5) is 41.9. The molecule has 0 saturated carbocycles. The molecule has 7 nitrogen and oxygen atoms in total. The van der Waals surface area contributed by atoms with Gasteiger partial charge in [0.25, 0.3) is 0 Å². The summed E-state index contributed by atoms with van der Waals surface area (Å²) in [6.07, 6.45) is 6.09. The molecule has 1 aromatic rings. The number of hydrogen-bond donors (Lipinski definition) is 2. The zero-order valence-corrected chi connectivity index (χ0v) is 22.8. The zero-order valence-electron chi connectivity index (χ0n) is 22.8. The highest BCUT2D eigenvalue weighted by molar-refractivity contribution is 5.92. The molecule has 0 aliphatic heterocycles. The molecule has 0 aliphatic carbocycles. The number of ether oxygens (including phenoxy) is 1. The second-order valence-corrected chi connectivity index (χ2v) is 10.6. The molecule has 1 aromatic carbocycles. The van der Waals surface area contributed by atoms with Crippen LogP contribution in [0.25, 0.3) is 0 Å². The normalized spacial score (nSPS) is 14.0. The van der Waals surface area contributed by atoms with Crippen LogP contribution in [0.2, 0.25) is 0 Å². The van der Waals surface area contributed by atoms with Crippen LogP contribution >= 0.6 is 0 Å². The zero-order chi connectivity index (χ0) is 26.9. The van der Waals surface area contributed by atoms with Crippen molar-refractivity contribution in [3.05, 3.63) is 35.4 Å². The quantitative estimate of drug-likeness (QED) is 0.466. The lowest BCUT2D eigenvalue weighted by molar-refractivity contribution is -0.145. The van der Waals surface area contributed by atoms with Crippen LogP contribution in [0.4, 0.5) is 4.79 Å². The molecule has 0 bridgehead atoms. The first-order chi connectivity index (χ1) is 16.2. The number of carbonyl (C=O) groups is 3. The van der Waals surface area contributed by atoms with Crippen LogP contribution < -0.4 is 10.6 Å². The van der Waals surface area contributed by atoms with E-state index in [4.69, 9.17) is 11.2 Å². The molecule has 0 saturated heterocycles. The number of terminal acetylenes is 1. The van der Waals surface area contributed by atoms with E-state index in [1.54, 1.807) is 49.9 Å². The molecule has 35 heavy (non-hydrogen) atoms. The molecule has 0 heterocycles. The predicted octanol–water partition coefficient (Wildman–Crippen LogP) is 4.80. The van der Waals surface area contributed by atoms with Gasteiger partial charge in [0, 0.05) is 17.6 Å². The van der Waals surface area contributed by atoms with Crippen LogP contribution in [0.5, 0.6) is 0 Å². The van der Waals surface area contributed by atoms with Gasteiger partial charge in [-0.1, -0.05) is 44.9 Å². The van der Waals surface area contributed by atoms with E-state index in [2.05, 4.69) is 16.6 Å². The summed E-state index contributed by atoms with van der Waals surface area (Å²) in [6, 6.07) is 4.88. The van der Waals surface area contributed by atoms with Crippen LogP contribution in [0, 0.1) is 18.3 Å². The lowest BCUT2D eigenvalue weighted by Gasteiger charge is -2.39. The van der Waals surface area contributed by atoms with Crippen molar-refractivity contribution in [3.8, 4) is 12.3 Å². The number of rotatable bonds is 10. The summed E-state index contributed by atoms with van der Waals surface area (Å²) >= 11 is 0. The summed E-state index contributed by atoms with van der Waals surface area (Å²) < 4.78 is 5.42. The number of nitrogens with one attached hydrogen (secondary N) is 2. The van der Waals surface area contributed by atoms with Crippen molar-refractivity contribution in [2.75, 3.05) is 0 Å². The van der Waals surface area contributed by atoms with Crippen molar-refractivity contribution in [1.29, 1.82) is 0 Å². The largest absolute Gasteiger partial charge is 0.444 e. The smallest absolute Gasteiger partial charge is 0.408 e. The first-order valence-electron chi connectivity index (χ1n) is 12.4. The SMILES string of the molecule is C#Cc1ccccc1C(C(=O)NC(C)C)N(C(=O)C(CC(C)C)NC(=O)OC(C)(C)C)C(C)CC. The van der Waals surface area contributed by atoms with Gasteiger partial charge in [0.1, 0.15) is 17.7 Å². The van der Waals surface area contributed by atoms with E-state index in [1.165, 1.54) is 0 Å². The molecule has 0 radical (unpaired) electrons. The Morgan fingerprint density at radius 3 is 2.14 bits per heavy atom. The number of alkyl carbamates (subject to hydrolysis) is 1. The van der Waals surface area contributed by atoms with Gasteiger partial charge in [-0.2, -0.15) is 0 Å². The van der Waals surface area contributed by atoms with Crippen LogP contribution in [0.3, 0.4) is 0 Å². The first-order valence-corrected chi connectivity index (χ1v) is 12.4. The fraction of sp³-hybridized carbons (Fsp3) is 0.607. The maximum Gasteiger partial charge on any atom is 0.408 e. The molecule has 194 valence electrons. The van der Waals surface area contributed by atoms with Gasteiger partial charge >= 0.3 is 6.09 Å². The van der Waals surface area contributed by atoms with Crippen LogP contribution in [0.15, 0.2) is 24.3 Å². The van der Waals surface area contributed by atoms with Crippen molar-refractivity contribution in [3.63, 3.8) is 0 Å². The number of amides is 3. The third-order valence-corrected chi connectivity index (χ3v) is 5.38. The second-order valence-electron chi connectivity index (χ2n) is 10.6. The Labute approximate surface area is 211 Å². The van der Waals surface area contributed by atoms with Gasteiger partial charge in [-0.05, 0) is 71.9 Å². The number of benzene rings is 1. The van der Waals surface area contributed by atoms with Crippen LogP contribution in [-0.4, -0.2) is 46.5 Å². The van der Waals surface area contributed by atoms with Crippen molar-refractivity contribution in [2.24, 2.45) is 5.92 Å². The highest BCUT2D eigenvalue weighted by Crippen LogP contribution is 2.29. The molecule has 0 spiro atoms. The molecule has 1 rings (SSSR count). The predicted molar refractivity (Wildman–Crippen MR) is 140 cm³/mol. The number of nitrogens with zero attached hydrogens (tertiary/aromatic N) is 1. The van der Waals surface area contributed by atoms with Gasteiger partial charge in [0.05, 0.1) is 0 Å². The molecule has 3 atom stereocenters. The Bertz CT molecular complexity index is 912. The molecule has 0 aliphatic rings. The standard InChI is InChI=1S/C28H43N3O4/c1-11-20(7)31(26(33)23(17-18(3)4)30-27(34)35-28(8,9)10)24(25(32)29-19(5)6)22-16-14-13-15-21(22)12-2/h2,13-16,18-20,23-24H,11,17H2,1,3-10H3,(H,29,32)(H,30,34). The fourth-order valence-corrected chi connectivity index (χ4v) is 3.77. The van der Waals surface area contributed by atoms with Gasteiger partial charge in [0.15, 0.2) is 0 Å². The maximum absolute atomic E-state index is 14.1. The van der Waals surface area contributed by atoms with Crippen LogP contribution in [-0.2, 0) is 14.3 Å². The molecule has 3 amide bonds. The Morgan fingerprint density at radius 2 is 1.66 bits per heavy atom. The van der Waals surface area contributed by atoms with E-state index in [1.807, 2.05) is 41.5 Å². The molecule has 0 fully saturated rings. The van der Waals surface area contributed by atoms with Crippen molar-refractivity contribution in [1.82, 2.24) is 15.5 Å². The number of hydrogen-bond acceptors (Lipinski definition) is 4. The summed E-state index contributed by atoms with van der Waals surface area (Å²) in [7, 11) is 0. The third kappa shape index (κ3) is 9.28. The Kier molecular flexibility index (Phi) is 11.3. The molecule has 7 heteroatoms. The Morgan fingerprint density at radius 1 is 1.06 bits per heavy atom. The van der Waals surface area contributed by atoms with Gasteiger partial charge in [-0.25, -0.2) is 4.79 Å². The van der Waals surface area contributed by atoms with Gasteiger partial charge < -0.3 is 20.3 Å². The summed E-state index contributed by atoms with van der Waals surface area (Å²) in [6.45, 7) is 16.8. The summed E-state index contributed by atoms with van der Waals surface area (Å²) in [5, 5.41) is 5.70.